The van der Waals surface area contributed by atoms with E-state index in [1.54, 1.807) is 6.07 Å². The molecule has 0 bridgehead atoms. The Labute approximate surface area is 116 Å². The molecule has 1 atom stereocenters. The van der Waals surface area contributed by atoms with Crippen LogP contribution in [0.3, 0.4) is 0 Å². The third-order valence-electron chi connectivity index (χ3n) is 4.71. The van der Waals surface area contributed by atoms with Crippen molar-refractivity contribution in [2.45, 2.75) is 43.7 Å². The van der Waals surface area contributed by atoms with E-state index in [0.29, 0.717) is 11.8 Å². The van der Waals surface area contributed by atoms with Crippen molar-refractivity contribution in [1.82, 2.24) is 10.2 Å². The zero-order valence-electron chi connectivity index (χ0n) is 12.3. The molecule has 106 valence electrons. The van der Waals surface area contributed by atoms with Crippen molar-refractivity contribution < 1.29 is 5.11 Å². The predicted molar refractivity (Wildman–Crippen MR) is 79.5 cm³/mol. The second kappa shape index (κ2) is 5.93. The van der Waals surface area contributed by atoms with E-state index in [-0.39, 0.29) is 5.54 Å². The Morgan fingerprint density at radius 2 is 2.00 bits per heavy atom. The molecule has 0 aliphatic heterocycles. The summed E-state index contributed by atoms with van der Waals surface area (Å²) in [4.78, 5) is 2.39. The maximum atomic E-state index is 9.61. The molecule has 0 spiro atoms. The molecule has 1 aromatic carbocycles. The van der Waals surface area contributed by atoms with E-state index in [9.17, 15) is 5.11 Å². The lowest BCUT2D eigenvalue weighted by Crippen LogP contribution is -2.57. The molecule has 3 nitrogen and oxygen atoms in total. The minimum atomic E-state index is 0.250. The molecular weight excluding hydrogens is 236 g/mol. The zero-order chi connectivity index (χ0) is 13.9. The Kier molecular flexibility index (Phi) is 4.48. The summed E-state index contributed by atoms with van der Waals surface area (Å²) in [5, 5.41) is 13.1. The highest BCUT2D eigenvalue weighted by molar-refractivity contribution is 5.28. The molecule has 1 aliphatic rings. The van der Waals surface area contributed by atoms with Gasteiger partial charge in [0.05, 0.1) is 0 Å². The van der Waals surface area contributed by atoms with Crippen LogP contribution in [0.25, 0.3) is 0 Å². The summed E-state index contributed by atoms with van der Waals surface area (Å²) in [6.45, 7) is 0. The lowest BCUT2D eigenvalue weighted by molar-refractivity contribution is 0.108. The summed E-state index contributed by atoms with van der Waals surface area (Å²) < 4.78 is 0. The van der Waals surface area contributed by atoms with Gasteiger partial charge in [-0.15, -0.1) is 0 Å². The molecule has 0 saturated heterocycles. The molecule has 1 fully saturated rings. The Bertz CT molecular complexity index is 411. The molecule has 1 unspecified atom stereocenters. The Morgan fingerprint density at radius 3 is 2.53 bits per heavy atom. The lowest BCUT2D eigenvalue weighted by Gasteiger charge is -2.43. The standard InChI is InChI=1S/C16H26N2O/c1-17-15(12-13-7-6-8-14(19)11-13)16(18(2)3)9-4-5-10-16/h6-8,11,15,17,19H,4-5,9-10,12H2,1-3H3. The smallest absolute Gasteiger partial charge is 0.115 e. The molecule has 0 aromatic heterocycles. The van der Waals surface area contributed by atoms with Crippen LogP contribution < -0.4 is 5.32 Å². The molecule has 0 amide bonds. The highest BCUT2D eigenvalue weighted by Gasteiger charge is 2.42. The van der Waals surface area contributed by atoms with Gasteiger partial charge in [0.1, 0.15) is 5.75 Å². The molecule has 3 heteroatoms. The van der Waals surface area contributed by atoms with Crippen molar-refractivity contribution in [3.8, 4) is 5.75 Å². The number of benzene rings is 1. The topological polar surface area (TPSA) is 35.5 Å². The van der Waals surface area contributed by atoms with Crippen molar-refractivity contribution in [1.29, 1.82) is 0 Å². The Balaban J connectivity index is 2.19. The third kappa shape index (κ3) is 2.93. The fourth-order valence-corrected chi connectivity index (χ4v) is 3.57. The molecule has 1 aliphatic carbocycles. The number of hydrogen-bond donors (Lipinski definition) is 2. The zero-order valence-corrected chi connectivity index (χ0v) is 12.3. The van der Waals surface area contributed by atoms with Gasteiger partial charge in [-0.1, -0.05) is 25.0 Å². The van der Waals surface area contributed by atoms with Crippen LogP contribution in [-0.4, -0.2) is 42.7 Å². The van der Waals surface area contributed by atoms with Crippen molar-refractivity contribution in [2.75, 3.05) is 21.1 Å². The number of phenolic OH excluding ortho intramolecular Hbond substituents is 1. The van der Waals surface area contributed by atoms with Gasteiger partial charge in [0.2, 0.25) is 0 Å². The van der Waals surface area contributed by atoms with Gasteiger partial charge < -0.3 is 15.3 Å². The van der Waals surface area contributed by atoms with E-state index in [2.05, 4.69) is 37.4 Å². The van der Waals surface area contributed by atoms with Crippen molar-refractivity contribution in [3.05, 3.63) is 29.8 Å². The molecule has 1 saturated carbocycles. The van der Waals surface area contributed by atoms with Gasteiger partial charge in [-0.25, -0.2) is 0 Å². The second-order valence-electron chi connectivity index (χ2n) is 5.92. The van der Waals surface area contributed by atoms with Gasteiger partial charge in [0.25, 0.3) is 0 Å². The summed E-state index contributed by atoms with van der Waals surface area (Å²) in [6, 6.07) is 8.06. The van der Waals surface area contributed by atoms with Crippen LogP contribution in [0, 0.1) is 0 Å². The summed E-state index contributed by atoms with van der Waals surface area (Å²) in [6.07, 6.45) is 6.10. The number of nitrogens with one attached hydrogen (secondary N) is 1. The van der Waals surface area contributed by atoms with Crippen LogP contribution >= 0.6 is 0 Å². The average Bonchev–Trinajstić information content (AvgIpc) is 2.86. The molecular formula is C16H26N2O. The lowest BCUT2D eigenvalue weighted by atomic mass is 9.83. The largest absolute Gasteiger partial charge is 0.508 e. The Morgan fingerprint density at radius 1 is 1.32 bits per heavy atom. The van der Waals surface area contributed by atoms with Crippen LogP contribution in [0.2, 0.25) is 0 Å². The maximum Gasteiger partial charge on any atom is 0.115 e. The van der Waals surface area contributed by atoms with Crippen LogP contribution in [0.1, 0.15) is 31.2 Å². The summed E-state index contributed by atoms with van der Waals surface area (Å²) >= 11 is 0. The first kappa shape index (κ1) is 14.4. The summed E-state index contributed by atoms with van der Waals surface area (Å²) in [5.74, 6) is 0.359. The van der Waals surface area contributed by atoms with Crippen LogP contribution in [0.4, 0.5) is 0 Å². The van der Waals surface area contributed by atoms with Crippen LogP contribution in [0.5, 0.6) is 5.75 Å². The maximum absolute atomic E-state index is 9.61. The van der Waals surface area contributed by atoms with Crippen molar-refractivity contribution in [3.63, 3.8) is 0 Å². The predicted octanol–water partition coefficient (Wildman–Crippen LogP) is 2.40. The highest BCUT2D eigenvalue weighted by Crippen LogP contribution is 2.37. The normalized spacial score (nSPS) is 19.8. The molecule has 0 radical (unpaired) electrons. The first-order valence-corrected chi connectivity index (χ1v) is 7.21. The minimum Gasteiger partial charge on any atom is -0.508 e. The fourth-order valence-electron chi connectivity index (χ4n) is 3.57. The number of aromatic hydroxyl groups is 1. The minimum absolute atomic E-state index is 0.250. The third-order valence-corrected chi connectivity index (χ3v) is 4.71. The molecule has 2 N–H and O–H groups in total. The van der Waals surface area contributed by atoms with Gasteiger partial charge in [-0.3, -0.25) is 0 Å². The number of hydrogen-bond acceptors (Lipinski definition) is 3. The number of likely N-dealkylation sites (N-methyl/N-ethyl adjacent to an activating group) is 2. The van der Waals surface area contributed by atoms with Gasteiger partial charge in [0.15, 0.2) is 0 Å². The second-order valence-corrected chi connectivity index (χ2v) is 5.92. The van der Waals surface area contributed by atoms with E-state index < -0.39 is 0 Å². The van der Waals surface area contributed by atoms with Gasteiger partial charge in [-0.05, 0) is 58.1 Å². The van der Waals surface area contributed by atoms with E-state index in [0.717, 1.165) is 6.42 Å². The summed E-state index contributed by atoms with van der Waals surface area (Å²) in [7, 11) is 6.44. The van der Waals surface area contributed by atoms with Gasteiger partial charge in [-0.2, -0.15) is 0 Å². The number of phenols is 1. The first-order chi connectivity index (χ1) is 9.08. The fraction of sp³-hybridized carbons (Fsp3) is 0.625. The first-order valence-electron chi connectivity index (χ1n) is 7.21. The highest BCUT2D eigenvalue weighted by atomic mass is 16.3. The van der Waals surface area contributed by atoms with Gasteiger partial charge >= 0.3 is 0 Å². The number of rotatable bonds is 5. The monoisotopic (exact) mass is 262 g/mol. The summed E-state index contributed by atoms with van der Waals surface area (Å²) in [5.41, 5.74) is 1.45. The molecule has 19 heavy (non-hydrogen) atoms. The average molecular weight is 262 g/mol. The quantitative estimate of drug-likeness (QED) is 0.855. The van der Waals surface area contributed by atoms with E-state index in [1.165, 1.54) is 31.2 Å². The van der Waals surface area contributed by atoms with E-state index >= 15 is 0 Å². The van der Waals surface area contributed by atoms with Crippen LogP contribution in [-0.2, 0) is 6.42 Å². The molecule has 1 aromatic rings. The van der Waals surface area contributed by atoms with Crippen LogP contribution in [0.15, 0.2) is 24.3 Å². The number of nitrogens with zero attached hydrogens (tertiary/aromatic N) is 1. The van der Waals surface area contributed by atoms with E-state index in [4.69, 9.17) is 0 Å². The van der Waals surface area contributed by atoms with Crippen molar-refractivity contribution >= 4 is 0 Å². The molecule has 0 heterocycles. The molecule has 2 rings (SSSR count). The van der Waals surface area contributed by atoms with E-state index in [1.807, 2.05) is 12.1 Å². The van der Waals surface area contributed by atoms with Crippen molar-refractivity contribution in [2.24, 2.45) is 0 Å². The van der Waals surface area contributed by atoms with Gasteiger partial charge in [0, 0.05) is 11.6 Å². The SMILES string of the molecule is CNC(Cc1cccc(O)c1)C1(N(C)C)CCCC1. The Hall–Kier alpha value is -1.06.